The van der Waals surface area contributed by atoms with E-state index in [1.807, 2.05) is 73.9 Å². The van der Waals surface area contributed by atoms with E-state index in [0.29, 0.717) is 41.6 Å². The van der Waals surface area contributed by atoms with Gasteiger partial charge >= 0.3 is 6.18 Å². The predicted molar refractivity (Wildman–Crippen MR) is 172 cm³/mol. The zero-order valence-corrected chi connectivity index (χ0v) is 26.2. The average molecular weight is 629 g/mol. The molecule has 238 valence electrons. The molecule has 1 amide bonds. The molecule has 1 N–H and O–H groups in total. The standard InChI is InChI=1S/C35H35F3N6O2/c1-22-5-8-24(9-6-22)32-40-29-13-14-43(4)31(29)34(41-32)46-30-19-25(10-7-23(30)2)33(45)39-27-12-11-26(28(20-27)35(36,37)38)21-44-17-15-42(3)16-18-44/h5-14,19-20H,15-18,21H2,1-4H3,(H,39,45). The molecule has 3 aromatic carbocycles. The minimum absolute atomic E-state index is 0.0616. The lowest BCUT2D eigenvalue weighted by atomic mass is 10.0. The summed E-state index contributed by atoms with van der Waals surface area (Å²) >= 11 is 0. The number of hydrogen-bond donors (Lipinski definition) is 1. The van der Waals surface area contributed by atoms with Crippen LogP contribution in [0.4, 0.5) is 18.9 Å². The Morgan fingerprint density at radius 2 is 1.65 bits per heavy atom. The van der Waals surface area contributed by atoms with E-state index in [-0.39, 0.29) is 23.4 Å². The van der Waals surface area contributed by atoms with Crippen LogP contribution in [0.5, 0.6) is 11.6 Å². The summed E-state index contributed by atoms with van der Waals surface area (Å²) < 4.78 is 50.5. The molecule has 3 heterocycles. The SMILES string of the molecule is Cc1ccc(-c2nc(Oc3cc(C(=O)Nc4ccc(CN5CCN(C)CC5)c(C(F)(F)F)c4)ccc3C)c3c(ccn3C)n2)cc1. The quantitative estimate of drug-likeness (QED) is 0.208. The third kappa shape index (κ3) is 6.75. The zero-order chi connectivity index (χ0) is 32.6. The van der Waals surface area contributed by atoms with Crippen LogP contribution in [-0.4, -0.2) is 63.5 Å². The van der Waals surface area contributed by atoms with Crippen LogP contribution in [-0.2, 0) is 19.8 Å². The van der Waals surface area contributed by atoms with Crippen molar-refractivity contribution >= 4 is 22.6 Å². The number of nitrogens with one attached hydrogen (secondary N) is 1. The van der Waals surface area contributed by atoms with Gasteiger partial charge in [-0.25, -0.2) is 4.98 Å². The monoisotopic (exact) mass is 628 g/mol. The van der Waals surface area contributed by atoms with Crippen molar-refractivity contribution in [3.63, 3.8) is 0 Å². The van der Waals surface area contributed by atoms with Crippen LogP contribution in [0.2, 0.25) is 0 Å². The highest BCUT2D eigenvalue weighted by molar-refractivity contribution is 6.04. The first-order valence-corrected chi connectivity index (χ1v) is 15.1. The Hall–Kier alpha value is -4.74. The van der Waals surface area contributed by atoms with Crippen molar-refractivity contribution in [2.24, 2.45) is 7.05 Å². The first-order valence-electron chi connectivity index (χ1n) is 15.1. The number of aryl methyl sites for hydroxylation is 3. The number of anilines is 1. The molecule has 11 heteroatoms. The molecule has 46 heavy (non-hydrogen) atoms. The molecule has 0 atom stereocenters. The van der Waals surface area contributed by atoms with Gasteiger partial charge in [-0.1, -0.05) is 42.0 Å². The zero-order valence-electron chi connectivity index (χ0n) is 26.2. The van der Waals surface area contributed by atoms with Gasteiger partial charge in [-0.05, 0) is 62.4 Å². The lowest BCUT2D eigenvalue weighted by Crippen LogP contribution is -2.44. The van der Waals surface area contributed by atoms with Gasteiger partial charge in [0.15, 0.2) is 5.82 Å². The number of halogens is 3. The van der Waals surface area contributed by atoms with Gasteiger partial charge in [0.1, 0.15) is 11.3 Å². The van der Waals surface area contributed by atoms with Crippen molar-refractivity contribution < 1.29 is 22.7 Å². The smallest absolute Gasteiger partial charge is 0.416 e. The van der Waals surface area contributed by atoms with Crippen LogP contribution in [0.15, 0.2) is 72.9 Å². The summed E-state index contributed by atoms with van der Waals surface area (Å²) in [5.74, 6) is 0.648. The van der Waals surface area contributed by atoms with Crippen LogP contribution in [0.3, 0.4) is 0 Å². The van der Waals surface area contributed by atoms with Crippen molar-refractivity contribution in [1.29, 1.82) is 0 Å². The Labute approximate surface area is 265 Å². The maximum Gasteiger partial charge on any atom is 0.416 e. The third-order valence-corrected chi connectivity index (χ3v) is 8.32. The summed E-state index contributed by atoms with van der Waals surface area (Å²) in [4.78, 5) is 26.9. The number of rotatable bonds is 7. The number of carbonyl (C=O) groups is 1. The molecular weight excluding hydrogens is 593 g/mol. The fourth-order valence-corrected chi connectivity index (χ4v) is 5.52. The van der Waals surface area contributed by atoms with Crippen molar-refractivity contribution in [2.75, 3.05) is 38.5 Å². The Bertz CT molecular complexity index is 1890. The summed E-state index contributed by atoms with van der Waals surface area (Å²) in [7, 11) is 3.87. The molecule has 0 bridgehead atoms. The van der Waals surface area contributed by atoms with Gasteiger partial charge in [-0.15, -0.1) is 0 Å². The highest BCUT2D eigenvalue weighted by atomic mass is 19.4. The lowest BCUT2D eigenvalue weighted by Gasteiger charge is -2.33. The Balaban J connectivity index is 1.26. The van der Waals surface area contributed by atoms with E-state index in [1.165, 1.54) is 12.1 Å². The van der Waals surface area contributed by atoms with Crippen LogP contribution < -0.4 is 10.1 Å². The maximum atomic E-state index is 14.1. The number of ether oxygens (including phenoxy) is 1. The largest absolute Gasteiger partial charge is 0.437 e. The predicted octanol–water partition coefficient (Wildman–Crippen LogP) is 7.06. The van der Waals surface area contributed by atoms with E-state index >= 15 is 0 Å². The van der Waals surface area contributed by atoms with Crippen LogP contribution in [0, 0.1) is 13.8 Å². The maximum absolute atomic E-state index is 14.1. The number of hydrogen-bond acceptors (Lipinski definition) is 6. The minimum Gasteiger partial charge on any atom is -0.437 e. The molecule has 5 aromatic rings. The summed E-state index contributed by atoms with van der Waals surface area (Å²) in [6, 6.07) is 18.6. The van der Waals surface area contributed by atoms with Gasteiger partial charge < -0.3 is 19.5 Å². The molecule has 1 fully saturated rings. The van der Waals surface area contributed by atoms with Crippen LogP contribution in [0.1, 0.15) is 32.6 Å². The number of aromatic nitrogens is 3. The lowest BCUT2D eigenvalue weighted by molar-refractivity contribution is -0.138. The number of likely N-dealkylation sites (N-methyl/N-ethyl adjacent to an activating group) is 1. The van der Waals surface area contributed by atoms with Crippen molar-refractivity contribution in [3.05, 3.63) is 101 Å². The van der Waals surface area contributed by atoms with Crippen molar-refractivity contribution in [3.8, 4) is 23.0 Å². The Morgan fingerprint density at radius 1 is 0.913 bits per heavy atom. The second kappa shape index (κ2) is 12.6. The number of alkyl halides is 3. The Kier molecular flexibility index (Phi) is 8.54. The molecular formula is C35H35F3N6O2. The molecule has 1 aliphatic heterocycles. The molecule has 6 rings (SSSR count). The van der Waals surface area contributed by atoms with E-state index in [2.05, 4.69) is 10.2 Å². The van der Waals surface area contributed by atoms with Gasteiger partial charge in [0.05, 0.1) is 11.1 Å². The van der Waals surface area contributed by atoms with Gasteiger partial charge in [-0.2, -0.15) is 18.2 Å². The number of carbonyl (C=O) groups excluding carboxylic acids is 1. The van der Waals surface area contributed by atoms with E-state index in [1.54, 1.807) is 18.2 Å². The van der Waals surface area contributed by atoms with E-state index < -0.39 is 17.6 Å². The van der Waals surface area contributed by atoms with E-state index in [4.69, 9.17) is 14.7 Å². The molecule has 1 aliphatic rings. The second-order valence-electron chi connectivity index (χ2n) is 11.9. The summed E-state index contributed by atoms with van der Waals surface area (Å²) in [6.07, 6.45) is -2.70. The van der Waals surface area contributed by atoms with Gasteiger partial charge in [0.25, 0.3) is 5.91 Å². The van der Waals surface area contributed by atoms with Crippen molar-refractivity contribution in [1.82, 2.24) is 24.3 Å². The molecule has 0 spiro atoms. The first kappa shape index (κ1) is 31.3. The second-order valence-corrected chi connectivity index (χ2v) is 11.9. The highest BCUT2D eigenvalue weighted by Crippen LogP contribution is 2.36. The molecule has 0 aliphatic carbocycles. The normalized spacial score (nSPS) is 14.5. The molecule has 0 radical (unpaired) electrons. The van der Waals surface area contributed by atoms with Crippen LogP contribution in [0.25, 0.3) is 22.4 Å². The van der Waals surface area contributed by atoms with E-state index in [0.717, 1.165) is 35.8 Å². The van der Waals surface area contributed by atoms with E-state index in [9.17, 15) is 18.0 Å². The summed E-state index contributed by atoms with van der Waals surface area (Å²) in [6.45, 7) is 7.04. The number of piperazine rings is 1. The highest BCUT2D eigenvalue weighted by Gasteiger charge is 2.34. The first-order chi connectivity index (χ1) is 21.9. The summed E-state index contributed by atoms with van der Waals surface area (Å²) in [5, 5.41) is 2.64. The van der Waals surface area contributed by atoms with Gasteiger partial charge in [-0.3, -0.25) is 9.69 Å². The van der Waals surface area contributed by atoms with Crippen LogP contribution >= 0.6 is 0 Å². The molecule has 2 aromatic heterocycles. The fraction of sp³-hybridized carbons (Fsp3) is 0.286. The third-order valence-electron chi connectivity index (χ3n) is 8.32. The number of benzene rings is 3. The van der Waals surface area contributed by atoms with Crippen molar-refractivity contribution in [2.45, 2.75) is 26.6 Å². The minimum atomic E-state index is -4.56. The molecule has 1 saturated heterocycles. The number of fused-ring (bicyclic) bond motifs is 1. The average Bonchev–Trinajstić information content (AvgIpc) is 3.40. The Morgan fingerprint density at radius 3 is 2.37 bits per heavy atom. The molecule has 0 saturated carbocycles. The summed E-state index contributed by atoms with van der Waals surface area (Å²) in [5.41, 5.74) is 3.80. The number of nitrogens with zero attached hydrogens (tertiary/aromatic N) is 5. The molecule has 8 nitrogen and oxygen atoms in total. The van der Waals surface area contributed by atoms with Gasteiger partial charge in [0.2, 0.25) is 5.88 Å². The number of amides is 1. The van der Waals surface area contributed by atoms with Gasteiger partial charge in [0, 0.05) is 62.8 Å². The topological polar surface area (TPSA) is 75.5 Å². The molecule has 0 unspecified atom stereocenters. The fourth-order valence-electron chi connectivity index (χ4n) is 5.52.